The van der Waals surface area contributed by atoms with Gasteiger partial charge in [-0.15, -0.1) is 0 Å². The second-order valence-electron chi connectivity index (χ2n) is 8.08. The number of rotatable bonds is 5. The van der Waals surface area contributed by atoms with E-state index in [0.717, 1.165) is 0 Å². The number of fused-ring (bicyclic) bond motifs is 6. The first kappa shape index (κ1) is 22.8. The first-order valence-corrected chi connectivity index (χ1v) is 13.7. The van der Waals surface area contributed by atoms with Crippen molar-refractivity contribution in [3.8, 4) is 11.5 Å². The van der Waals surface area contributed by atoms with Gasteiger partial charge < -0.3 is 34.4 Å². The summed E-state index contributed by atoms with van der Waals surface area (Å²) in [5.41, 5.74) is 1.29. The summed E-state index contributed by atoms with van der Waals surface area (Å²) in [7, 11) is -8.66. The number of ether oxygens (including phenoxy) is 2. The Balaban J connectivity index is 1.69. The minimum absolute atomic E-state index is 0.245. The first-order valence-electron chi connectivity index (χ1n) is 10.1. The molecule has 0 aliphatic carbocycles. The van der Waals surface area contributed by atoms with Gasteiger partial charge in [-0.3, -0.25) is 9.13 Å². The van der Waals surface area contributed by atoms with Gasteiger partial charge >= 0.3 is 21.2 Å². The number of anilines is 1. The number of hydrogen-bond donors (Lipinski definition) is 5. The summed E-state index contributed by atoms with van der Waals surface area (Å²) >= 11 is 0. The molecule has 10 nitrogen and oxygen atoms in total. The molecule has 5 N–H and O–H groups in total. The standard InChI is InChI=1S/C22H19NO9P2/c24-21-15-3-1-2-4-16(15)22(32-21)17-7-5-13(11-33(25,26)27)9-19(17)31-20-10-14(6-8-18(20)22)23-12-34(28,29)30/h1-10,23H,11-12H2,(H2,25,26,27)(H2,28,29,30). The molecule has 0 amide bonds. The Morgan fingerprint density at radius 2 is 1.50 bits per heavy atom. The van der Waals surface area contributed by atoms with Crippen LogP contribution in [-0.4, -0.2) is 31.8 Å². The second-order valence-corrected chi connectivity index (χ2v) is 11.4. The first-order chi connectivity index (χ1) is 16.0. The fourth-order valence-corrected chi connectivity index (χ4v) is 5.42. The monoisotopic (exact) mass is 503 g/mol. The van der Waals surface area contributed by atoms with Gasteiger partial charge in [0.05, 0.1) is 11.7 Å². The molecule has 1 unspecified atom stereocenters. The molecule has 1 atom stereocenters. The SMILES string of the molecule is O=C1OC2(c3ccc(CP(=O)(O)O)cc3Oc3cc(NCP(=O)(O)O)ccc32)c2ccccc21. The molecule has 0 saturated heterocycles. The van der Waals surface area contributed by atoms with Crippen LogP contribution in [0.25, 0.3) is 0 Å². The van der Waals surface area contributed by atoms with E-state index >= 15 is 0 Å². The summed E-state index contributed by atoms with van der Waals surface area (Å²) in [6, 6.07) is 16.4. The van der Waals surface area contributed by atoms with Crippen molar-refractivity contribution >= 4 is 26.8 Å². The van der Waals surface area contributed by atoms with E-state index in [1.165, 1.54) is 12.1 Å². The zero-order chi connectivity index (χ0) is 24.3. The Kier molecular flexibility index (Phi) is 5.22. The fraction of sp³-hybridized carbons (Fsp3) is 0.136. The summed E-state index contributed by atoms with van der Waals surface area (Å²) in [6.45, 7) is 0. The van der Waals surface area contributed by atoms with E-state index in [4.69, 9.17) is 9.47 Å². The van der Waals surface area contributed by atoms with Gasteiger partial charge in [-0.25, -0.2) is 4.79 Å². The molecule has 3 aromatic rings. The highest BCUT2D eigenvalue weighted by molar-refractivity contribution is 7.51. The molecule has 3 aromatic carbocycles. The molecule has 0 fully saturated rings. The van der Waals surface area contributed by atoms with E-state index in [0.29, 0.717) is 33.5 Å². The molecule has 12 heteroatoms. The topological polar surface area (TPSA) is 163 Å². The molecule has 0 radical (unpaired) electrons. The number of carbonyl (C=O) groups excluding carboxylic acids is 1. The second kappa shape index (κ2) is 7.78. The van der Waals surface area contributed by atoms with Crippen molar-refractivity contribution in [3.05, 3.63) is 88.5 Å². The Bertz CT molecular complexity index is 1430. The molecule has 5 rings (SSSR count). The Labute approximate surface area is 193 Å². The van der Waals surface area contributed by atoms with Crippen molar-refractivity contribution in [2.24, 2.45) is 0 Å². The van der Waals surface area contributed by atoms with Gasteiger partial charge in [0.2, 0.25) is 0 Å². The van der Waals surface area contributed by atoms with Crippen LogP contribution in [0.1, 0.15) is 32.6 Å². The fourth-order valence-electron chi connectivity index (χ4n) is 4.36. The van der Waals surface area contributed by atoms with Gasteiger partial charge in [0, 0.05) is 28.4 Å². The summed E-state index contributed by atoms with van der Waals surface area (Å²) in [5.74, 6) is -0.0199. The smallest absolute Gasteiger partial charge is 0.344 e. The summed E-state index contributed by atoms with van der Waals surface area (Å²) in [6.07, 6.45) is -1.08. The van der Waals surface area contributed by atoms with E-state index < -0.39 is 39.2 Å². The molecule has 0 aromatic heterocycles. The van der Waals surface area contributed by atoms with Gasteiger partial charge in [-0.1, -0.05) is 30.3 Å². The summed E-state index contributed by atoms with van der Waals surface area (Å²) in [5, 5.41) is 2.65. The number of carbonyl (C=O) groups is 1. The van der Waals surface area contributed by atoms with Gasteiger partial charge in [0.1, 0.15) is 17.8 Å². The van der Waals surface area contributed by atoms with Crippen molar-refractivity contribution in [1.82, 2.24) is 0 Å². The van der Waals surface area contributed by atoms with E-state index in [1.54, 1.807) is 48.5 Å². The summed E-state index contributed by atoms with van der Waals surface area (Å²) in [4.78, 5) is 50.0. The van der Waals surface area contributed by atoms with Crippen LogP contribution in [0, 0.1) is 0 Å². The summed E-state index contributed by atoms with van der Waals surface area (Å²) < 4.78 is 34.9. The predicted octanol–water partition coefficient (Wildman–Crippen LogP) is 3.48. The highest BCUT2D eigenvalue weighted by atomic mass is 31.2. The van der Waals surface area contributed by atoms with Crippen LogP contribution in [0.4, 0.5) is 5.69 Å². The Morgan fingerprint density at radius 3 is 2.21 bits per heavy atom. The van der Waals surface area contributed by atoms with Crippen LogP contribution in [0.3, 0.4) is 0 Å². The molecule has 2 aliphatic heterocycles. The molecular weight excluding hydrogens is 484 g/mol. The third kappa shape index (κ3) is 3.95. The van der Waals surface area contributed by atoms with Crippen LogP contribution in [0.5, 0.6) is 11.5 Å². The Morgan fingerprint density at radius 1 is 0.824 bits per heavy atom. The molecule has 0 bridgehead atoms. The molecule has 0 saturated carbocycles. The van der Waals surface area contributed by atoms with Crippen molar-refractivity contribution in [2.45, 2.75) is 11.8 Å². The van der Waals surface area contributed by atoms with Crippen LogP contribution >= 0.6 is 15.2 Å². The number of esters is 1. The molecule has 176 valence electrons. The molecule has 34 heavy (non-hydrogen) atoms. The van der Waals surface area contributed by atoms with Crippen LogP contribution in [0.15, 0.2) is 60.7 Å². The highest BCUT2D eigenvalue weighted by Crippen LogP contribution is 2.57. The zero-order valence-electron chi connectivity index (χ0n) is 17.4. The van der Waals surface area contributed by atoms with Crippen molar-refractivity contribution in [1.29, 1.82) is 0 Å². The van der Waals surface area contributed by atoms with Gasteiger partial charge in [-0.05, 0) is 29.8 Å². The minimum atomic E-state index is -4.34. The van der Waals surface area contributed by atoms with Crippen LogP contribution in [0.2, 0.25) is 0 Å². The minimum Gasteiger partial charge on any atom is -0.456 e. The van der Waals surface area contributed by atoms with Gasteiger partial charge in [-0.2, -0.15) is 0 Å². The quantitative estimate of drug-likeness (QED) is 0.257. The number of nitrogens with one attached hydrogen (secondary N) is 1. The average Bonchev–Trinajstić information content (AvgIpc) is 3.04. The van der Waals surface area contributed by atoms with Gasteiger partial charge in [0.15, 0.2) is 5.60 Å². The predicted molar refractivity (Wildman–Crippen MR) is 121 cm³/mol. The van der Waals surface area contributed by atoms with E-state index in [1.807, 2.05) is 0 Å². The molecule has 2 heterocycles. The van der Waals surface area contributed by atoms with E-state index in [2.05, 4.69) is 5.32 Å². The van der Waals surface area contributed by atoms with Crippen molar-refractivity contribution < 1.29 is 43.0 Å². The maximum atomic E-state index is 12.8. The van der Waals surface area contributed by atoms with Crippen LogP contribution < -0.4 is 10.1 Å². The normalized spacial score (nSPS) is 18.5. The maximum absolute atomic E-state index is 12.8. The average molecular weight is 503 g/mol. The zero-order valence-corrected chi connectivity index (χ0v) is 19.2. The van der Waals surface area contributed by atoms with E-state index in [9.17, 15) is 33.5 Å². The number of hydrogen-bond acceptors (Lipinski definition) is 6. The lowest BCUT2D eigenvalue weighted by Gasteiger charge is -2.37. The maximum Gasteiger partial charge on any atom is 0.344 e. The van der Waals surface area contributed by atoms with Gasteiger partial charge in [0.25, 0.3) is 0 Å². The lowest BCUT2D eigenvalue weighted by atomic mass is 9.77. The Hall–Kier alpha value is -2.97. The lowest BCUT2D eigenvalue weighted by molar-refractivity contribution is 0.0224. The molecular formula is C22H19NO9P2. The third-order valence-electron chi connectivity index (χ3n) is 5.66. The van der Waals surface area contributed by atoms with E-state index in [-0.39, 0.29) is 11.5 Å². The van der Waals surface area contributed by atoms with Crippen molar-refractivity contribution in [2.75, 3.05) is 11.6 Å². The lowest BCUT2D eigenvalue weighted by Crippen LogP contribution is -2.33. The molecule has 2 aliphatic rings. The largest absolute Gasteiger partial charge is 0.456 e. The third-order valence-corrected chi connectivity index (χ3v) is 7.00. The molecule has 1 spiro atoms. The van der Waals surface area contributed by atoms with Crippen LogP contribution in [-0.2, 0) is 25.6 Å². The number of benzene rings is 3. The highest BCUT2D eigenvalue weighted by Gasteiger charge is 2.53. The van der Waals surface area contributed by atoms with Crippen molar-refractivity contribution in [3.63, 3.8) is 0 Å².